The van der Waals surface area contributed by atoms with E-state index >= 15 is 0 Å². The number of anilines is 1. The Hall–Kier alpha value is -4.01. The number of ether oxygens (including phenoxy) is 3. The van der Waals surface area contributed by atoms with Gasteiger partial charge < -0.3 is 24.4 Å². The van der Waals surface area contributed by atoms with Gasteiger partial charge in [0, 0.05) is 23.1 Å². The first-order chi connectivity index (χ1) is 17.1. The zero-order valence-corrected chi connectivity index (χ0v) is 21.5. The van der Waals surface area contributed by atoms with Crippen LogP contribution in [-0.4, -0.2) is 53.0 Å². The largest absolute Gasteiger partial charge is 0.497 e. The molecule has 0 saturated heterocycles. The molecule has 2 heterocycles. The van der Waals surface area contributed by atoms with Crippen molar-refractivity contribution < 1.29 is 23.8 Å². The molecule has 0 fully saturated rings. The number of nitrogens with one attached hydrogen (secondary N) is 1. The van der Waals surface area contributed by atoms with Crippen LogP contribution in [0.4, 0.5) is 5.82 Å². The van der Waals surface area contributed by atoms with Gasteiger partial charge in [0.05, 0.1) is 18.5 Å². The van der Waals surface area contributed by atoms with Crippen LogP contribution in [0.15, 0.2) is 48.5 Å². The first-order valence-electron chi connectivity index (χ1n) is 11.8. The van der Waals surface area contributed by atoms with Crippen LogP contribution >= 0.6 is 0 Å². The Morgan fingerprint density at radius 1 is 1.08 bits per heavy atom. The van der Waals surface area contributed by atoms with Crippen LogP contribution in [0.1, 0.15) is 50.7 Å². The third-order valence-corrected chi connectivity index (χ3v) is 5.88. The van der Waals surface area contributed by atoms with Crippen LogP contribution in [0.25, 0.3) is 5.69 Å². The minimum Gasteiger partial charge on any atom is -0.497 e. The summed E-state index contributed by atoms with van der Waals surface area (Å²) in [5.74, 6) is 1.77. The van der Waals surface area contributed by atoms with Crippen LogP contribution in [0.2, 0.25) is 0 Å². The van der Waals surface area contributed by atoms with Crippen molar-refractivity contribution in [3.63, 3.8) is 0 Å². The third kappa shape index (κ3) is 5.30. The van der Waals surface area contributed by atoms with E-state index in [0.717, 1.165) is 17.1 Å². The van der Waals surface area contributed by atoms with Crippen molar-refractivity contribution in [2.24, 2.45) is 0 Å². The standard InChI is InChI=1S/C27H32N4O5/c1-17(2)30(26(33)18-7-12-21-22(13-18)36-16-35-21)15-25(32)28-24-14-23(27(3,4)5)29-31(24)19-8-10-20(34-6)11-9-19/h7-14,17H,15-16H2,1-6H3,(H,28,32). The van der Waals surface area contributed by atoms with Crippen LogP contribution < -0.4 is 19.5 Å². The summed E-state index contributed by atoms with van der Waals surface area (Å²) in [6.07, 6.45) is 0. The fourth-order valence-corrected chi connectivity index (χ4v) is 3.78. The zero-order chi connectivity index (χ0) is 26.0. The second-order valence-corrected chi connectivity index (χ2v) is 9.92. The lowest BCUT2D eigenvalue weighted by Crippen LogP contribution is -2.42. The van der Waals surface area contributed by atoms with Gasteiger partial charge in [-0.15, -0.1) is 0 Å². The number of amides is 2. The van der Waals surface area contributed by atoms with E-state index in [1.807, 2.05) is 44.2 Å². The minimum atomic E-state index is -0.326. The van der Waals surface area contributed by atoms with Crippen molar-refractivity contribution in [3.05, 3.63) is 59.8 Å². The van der Waals surface area contributed by atoms with Gasteiger partial charge in [-0.1, -0.05) is 20.8 Å². The monoisotopic (exact) mass is 492 g/mol. The van der Waals surface area contributed by atoms with Gasteiger partial charge in [-0.2, -0.15) is 5.10 Å². The summed E-state index contributed by atoms with van der Waals surface area (Å²) >= 11 is 0. The molecule has 0 atom stereocenters. The highest BCUT2D eigenvalue weighted by molar-refractivity contribution is 5.99. The Bertz CT molecular complexity index is 1260. The third-order valence-electron chi connectivity index (χ3n) is 5.88. The predicted molar refractivity (Wildman–Crippen MR) is 136 cm³/mol. The summed E-state index contributed by atoms with van der Waals surface area (Å²) in [4.78, 5) is 28.0. The number of nitrogens with zero attached hydrogens (tertiary/aromatic N) is 3. The molecule has 1 aromatic heterocycles. The van der Waals surface area contributed by atoms with Gasteiger partial charge in [-0.25, -0.2) is 4.68 Å². The molecule has 0 radical (unpaired) electrons. The Kier molecular flexibility index (Phi) is 6.92. The van der Waals surface area contributed by atoms with Crippen LogP contribution in [0.3, 0.4) is 0 Å². The second-order valence-electron chi connectivity index (χ2n) is 9.92. The molecule has 1 N–H and O–H groups in total. The topological polar surface area (TPSA) is 94.9 Å². The molecule has 1 aliphatic rings. The van der Waals surface area contributed by atoms with Crippen LogP contribution in [0, 0.1) is 0 Å². The van der Waals surface area contributed by atoms with Crippen molar-refractivity contribution in [3.8, 4) is 22.9 Å². The van der Waals surface area contributed by atoms with Crippen LogP contribution in [0.5, 0.6) is 17.2 Å². The first-order valence-corrected chi connectivity index (χ1v) is 11.8. The lowest BCUT2D eigenvalue weighted by atomic mass is 9.92. The average molecular weight is 493 g/mol. The molecule has 2 aromatic carbocycles. The Morgan fingerprint density at radius 2 is 1.78 bits per heavy atom. The second kappa shape index (κ2) is 9.93. The molecule has 2 amide bonds. The van der Waals surface area contributed by atoms with Gasteiger partial charge >= 0.3 is 0 Å². The fraction of sp³-hybridized carbons (Fsp3) is 0.370. The minimum absolute atomic E-state index is 0.121. The molecule has 0 spiro atoms. The van der Waals surface area contributed by atoms with E-state index < -0.39 is 0 Å². The van der Waals surface area contributed by atoms with E-state index in [1.165, 1.54) is 4.90 Å². The first kappa shape index (κ1) is 25.1. The smallest absolute Gasteiger partial charge is 0.254 e. The molecule has 0 unspecified atom stereocenters. The molecule has 0 aliphatic carbocycles. The number of hydrogen-bond donors (Lipinski definition) is 1. The fourth-order valence-electron chi connectivity index (χ4n) is 3.78. The normalized spacial score (nSPS) is 12.5. The van der Waals surface area contributed by atoms with E-state index in [4.69, 9.17) is 19.3 Å². The van der Waals surface area contributed by atoms with Crippen molar-refractivity contribution >= 4 is 17.6 Å². The Balaban J connectivity index is 1.57. The molecule has 1 aliphatic heterocycles. The molecule has 9 nitrogen and oxygen atoms in total. The molecular weight excluding hydrogens is 460 g/mol. The predicted octanol–water partition coefficient (Wildman–Crippen LogP) is 4.40. The van der Waals surface area contributed by atoms with Gasteiger partial charge in [0.2, 0.25) is 12.7 Å². The van der Waals surface area contributed by atoms with Gasteiger partial charge in [-0.3, -0.25) is 9.59 Å². The van der Waals surface area contributed by atoms with E-state index in [0.29, 0.717) is 22.9 Å². The van der Waals surface area contributed by atoms with Crippen molar-refractivity contribution in [1.29, 1.82) is 0 Å². The van der Waals surface area contributed by atoms with Gasteiger partial charge in [0.1, 0.15) is 18.1 Å². The van der Waals surface area contributed by atoms with Crippen LogP contribution in [-0.2, 0) is 10.2 Å². The highest BCUT2D eigenvalue weighted by Crippen LogP contribution is 2.33. The van der Waals surface area contributed by atoms with E-state index in [2.05, 4.69) is 26.1 Å². The summed E-state index contributed by atoms with van der Waals surface area (Å²) in [5.41, 5.74) is 1.81. The highest BCUT2D eigenvalue weighted by atomic mass is 16.7. The molecule has 4 rings (SSSR count). The quantitative estimate of drug-likeness (QED) is 0.526. The average Bonchev–Trinajstić information content (AvgIpc) is 3.48. The molecular formula is C27H32N4O5. The molecule has 0 bridgehead atoms. The Labute approximate surface area is 210 Å². The summed E-state index contributed by atoms with van der Waals surface area (Å²) in [5, 5.41) is 7.70. The lowest BCUT2D eigenvalue weighted by molar-refractivity contribution is -0.117. The lowest BCUT2D eigenvalue weighted by Gasteiger charge is -2.26. The number of rotatable bonds is 7. The Morgan fingerprint density at radius 3 is 2.42 bits per heavy atom. The molecule has 3 aromatic rings. The van der Waals surface area contributed by atoms with Crippen molar-refractivity contribution in [2.75, 3.05) is 25.8 Å². The molecule has 36 heavy (non-hydrogen) atoms. The molecule has 9 heteroatoms. The number of aromatic nitrogens is 2. The molecule has 190 valence electrons. The SMILES string of the molecule is COc1ccc(-n2nc(C(C)(C)C)cc2NC(=O)CN(C(=O)c2ccc3c(c2)OCO3)C(C)C)cc1. The number of fused-ring (bicyclic) bond motifs is 1. The maximum atomic E-state index is 13.3. The van der Waals surface area contributed by atoms with E-state index in [1.54, 1.807) is 30.0 Å². The maximum absolute atomic E-state index is 13.3. The number of hydrogen-bond acceptors (Lipinski definition) is 6. The number of methoxy groups -OCH3 is 1. The highest BCUT2D eigenvalue weighted by Gasteiger charge is 2.26. The van der Waals surface area contributed by atoms with Crippen molar-refractivity contribution in [2.45, 2.75) is 46.1 Å². The van der Waals surface area contributed by atoms with Gasteiger partial charge in [0.15, 0.2) is 11.5 Å². The van der Waals surface area contributed by atoms with Gasteiger partial charge in [0.25, 0.3) is 5.91 Å². The summed E-state index contributed by atoms with van der Waals surface area (Å²) in [6.45, 7) is 9.93. The zero-order valence-electron chi connectivity index (χ0n) is 21.5. The number of benzene rings is 2. The summed E-state index contributed by atoms with van der Waals surface area (Å²) in [6, 6.07) is 14.1. The maximum Gasteiger partial charge on any atom is 0.254 e. The summed E-state index contributed by atoms with van der Waals surface area (Å²) in [7, 11) is 1.61. The summed E-state index contributed by atoms with van der Waals surface area (Å²) < 4.78 is 17.7. The number of carbonyl (C=O) groups is 2. The number of carbonyl (C=O) groups excluding carboxylic acids is 2. The van der Waals surface area contributed by atoms with E-state index in [9.17, 15) is 9.59 Å². The molecule has 0 saturated carbocycles. The van der Waals surface area contributed by atoms with Crippen molar-refractivity contribution in [1.82, 2.24) is 14.7 Å². The van der Waals surface area contributed by atoms with Gasteiger partial charge in [-0.05, 0) is 56.3 Å². The van der Waals surface area contributed by atoms with E-state index in [-0.39, 0.29) is 36.6 Å².